The number of aliphatic hydroxyl groups excluding tert-OH is 1. The van der Waals surface area contributed by atoms with Crippen molar-refractivity contribution in [3.63, 3.8) is 0 Å². The van der Waals surface area contributed by atoms with Gasteiger partial charge in [0.25, 0.3) is 0 Å². The van der Waals surface area contributed by atoms with Crippen LogP contribution in [0.1, 0.15) is 24.5 Å². The second kappa shape index (κ2) is 9.23. The van der Waals surface area contributed by atoms with Crippen LogP contribution in [0.3, 0.4) is 0 Å². The summed E-state index contributed by atoms with van der Waals surface area (Å²) in [4.78, 5) is 12.0. The quantitative estimate of drug-likeness (QED) is 0.737. The summed E-state index contributed by atoms with van der Waals surface area (Å²) < 4.78 is 5.60. The highest BCUT2D eigenvalue weighted by Crippen LogP contribution is 2.21. The number of carbonyl (C=O) groups is 1. The number of ether oxygens (including phenoxy) is 1. The molecule has 1 atom stereocenters. The molecule has 1 unspecified atom stereocenters. The van der Waals surface area contributed by atoms with Gasteiger partial charge >= 0.3 is 0 Å². The van der Waals surface area contributed by atoms with Gasteiger partial charge < -0.3 is 15.2 Å². The Kier molecular flexibility index (Phi) is 7.02. The number of carbonyl (C=O) groups excluding carboxylic acids is 1. The van der Waals surface area contributed by atoms with E-state index in [1.165, 1.54) is 0 Å². The lowest BCUT2D eigenvalue weighted by Gasteiger charge is -2.27. The first-order chi connectivity index (χ1) is 12.0. The van der Waals surface area contributed by atoms with Crippen LogP contribution in [0.25, 0.3) is 0 Å². The van der Waals surface area contributed by atoms with Crippen molar-refractivity contribution in [2.75, 3.05) is 19.8 Å². The van der Waals surface area contributed by atoms with Crippen molar-refractivity contribution in [2.45, 2.75) is 26.7 Å². The number of amides is 1. The SMILES string of the molecule is Cc1cccc(OCCC(=O)NCC(C)(CO)Cc2ccccc2)c1. The molecule has 2 rings (SSSR count). The average Bonchev–Trinajstić information content (AvgIpc) is 2.61. The van der Waals surface area contributed by atoms with Gasteiger partial charge in [0, 0.05) is 12.0 Å². The van der Waals surface area contributed by atoms with Crippen LogP contribution in [-0.2, 0) is 11.2 Å². The van der Waals surface area contributed by atoms with Gasteiger partial charge in [0.1, 0.15) is 5.75 Å². The number of hydrogen-bond donors (Lipinski definition) is 2. The Morgan fingerprint density at radius 2 is 1.92 bits per heavy atom. The molecular weight excluding hydrogens is 314 g/mol. The Morgan fingerprint density at radius 3 is 2.60 bits per heavy atom. The number of rotatable bonds is 9. The lowest BCUT2D eigenvalue weighted by Crippen LogP contribution is -2.39. The van der Waals surface area contributed by atoms with E-state index in [9.17, 15) is 9.90 Å². The molecule has 0 saturated heterocycles. The fraction of sp³-hybridized carbons (Fsp3) is 0.381. The molecule has 0 aliphatic carbocycles. The minimum atomic E-state index is -0.381. The van der Waals surface area contributed by atoms with Gasteiger partial charge in [0.05, 0.1) is 19.6 Å². The van der Waals surface area contributed by atoms with Gasteiger partial charge in [-0.15, -0.1) is 0 Å². The van der Waals surface area contributed by atoms with E-state index in [1.807, 2.05) is 68.4 Å². The second-order valence-corrected chi connectivity index (χ2v) is 6.82. The van der Waals surface area contributed by atoms with Gasteiger partial charge in [0.15, 0.2) is 0 Å². The van der Waals surface area contributed by atoms with Crippen LogP contribution in [-0.4, -0.2) is 30.8 Å². The first-order valence-electron chi connectivity index (χ1n) is 8.62. The Bertz CT molecular complexity index is 672. The Balaban J connectivity index is 1.75. The number of aliphatic hydroxyl groups is 1. The van der Waals surface area contributed by atoms with E-state index >= 15 is 0 Å². The number of nitrogens with one attached hydrogen (secondary N) is 1. The Labute approximate surface area is 149 Å². The summed E-state index contributed by atoms with van der Waals surface area (Å²) in [5.74, 6) is 0.706. The molecule has 0 aliphatic rings. The van der Waals surface area contributed by atoms with Gasteiger partial charge in [-0.25, -0.2) is 0 Å². The monoisotopic (exact) mass is 341 g/mol. The first-order valence-corrected chi connectivity index (χ1v) is 8.62. The van der Waals surface area contributed by atoms with Gasteiger partial charge in [-0.3, -0.25) is 4.79 Å². The van der Waals surface area contributed by atoms with E-state index in [1.54, 1.807) is 0 Å². The van der Waals surface area contributed by atoms with E-state index in [2.05, 4.69) is 5.32 Å². The van der Waals surface area contributed by atoms with Crippen LogP contribution in [0, 0.1) is 12.3 Å². The molecule has 0 heterocycles. The van der Waals surface area contributed by atoms with E-state index in [4.69, 9.17) is 4.74 Å². The highest BCUT2D eigenvalue weighted by atomic mass is 16.5. The van der Waals surface area contributed by atoms with Crippen molar-refractivity contribution in [3.05, 3.63) is 65.7 Å². The Morgan fingerprint density at radius 1 is 1.16 bits per heavy atom. The second-order valence-electron chi connectivity index (χ2n) is 6.82. The maximum atomic E-state index is 12.0. The molecule has 25 heavy (non-hydrogen) atoms. The normalized spacial score (nSPS) is 13.1. The molecule has 2 N–H and O–H groups in total. The number of aryl methyl sites for hydroxylation is 1. The van der Waals surface area contributed by atoms with Crippen LogP contribution >= 0.6 is 0 Å². The lowest BCUT2D eigenvalue weighted by molar-refractivity contribution is -0.122. The number of hydrogen-bond acceptors (Lipinski definition) is 3. The zero-order valence-electron chi connectivity index (χ0n) is 15.0. The van der Waals surface area contributed by atoms with E-state index in [0.29, 0.717) is 26.0 Å². The van der Waals surface area contributed by atoms with Crippen molar-refractivity contribution in [2.24, 2.45) is 5.41 Å². The maximum Gasteiger partial charge on any atom is 0.223 e. The third-order valence-corrected chi connectivity index (χ3v) is 4.16. The highest BCUT2D eigenvalue weighted by molar-refractivity contribution is 5.76. The smallest absolute Gasteiger partial charge is 0.223 e. The van der Waals surface area contributed by atoms with E-state index in [-0.39, 0.29) is 17.9 Å². The van der Waals surface area contributed by atoms with Crippen molar-refractivity contribution in [3.8, 4) is 5.75 Å². The minimum Gasteiger partial charge on any atom is -0.493 e. The van der Waals surface area contributed by atoms with Crippen LogP contribution < -0.4 is 10.1 Å². The summed E-state index contributed by atoms with van der Waals surface area (Å²) in [6.07, 6.45) is 1.01. The third kappa shape index (κ3) is 6.59. The molecule has 0 spiro atoms. The van der Waals surface area contributed by atoms with Gasteiger partial charge in [-0.1, -0.05) is 49.4 Å². The van der Waals surface area contributed by atoms with Crippen LogP contribution in [0.4, 0.5) is 0 Å². The fourth-order valence-electron chi connectivity index (χ4n) is 2.63. The molecule has 0 fully saturated rings. The van der Waals surface area contributed by atoms with Crippen LogP contribution in [0.15, 0.2) is 54.6 Å². The van der Waals surface area contributed by atoms with Gasteiger partial charge in [-0.05, 0) is 36.6 Å². The summed E-state index contributed by atoms with van der Waals surface area (Å²) in [5.41, 5.74) is 1.90. The standard InChI is InChI=1S/C21H27NO3/c1-17-7-6-10-19(13-17)25-12-11-20(24)22-15-21(2,16-23)14-18-8-4-3-5-9-18/h3-10,13,23H,11-12,14-16H2,1-2H3,(H,22,24). The molecule has 0 aliphatic heterocycles. The average molecular weight is 341 g/mol. The highest BCUT2D eigenvalue weighted by Gasteiger charge is 2.24. The molecule has 0 aromatic heterocycles. The molecular formula is C21H27NO3. The zero-order chi connectivity index (χ0) is 18.1. The number of benzene rings is 2. The minimum absolute atomic E-state index is 0.0158. The van der Waals surface area contributed by atoms with E-state index < -0.39 is 0 Å². The van der Waals surface area contributed by atoms with Gasteiger partial charge in [0.2, 0.25) is 5.91 Å². The molecule has 2 aromatic carbocycles. The summed E-state index contributed by atoms with van der Waals surface area (Å²) in [7, 11) is 0. The zero-order valence-corrected chi connectivity index (χ0v) is 15.0. The lowest BCUT2D eigenvalue weighted by atomic mass is 9.84. The molecule has 0 bridgehead atoms. The summed E-state index contributed by atoms with van der Waals surface area (Å²) in [6.45, 7) is 4.76. The first kappa shape index (κ1) is 19.0. The predicted molar refractivity (Wildman–Crippen MR) is 99.6 cm³/mol. The molecule has 0 saturated carbocycles. The largest absolute Gasteiger partial charge is 0.493 e. The molecule has 4 nitrogen and oxygen atoms in total. The molecule has 4 heteroatoms. The van der Waals surface area contributed by atoms with E-state index in [0.717, 1.165) is 16.9 Å². The maximum absolute atomic E-state index is 12.0. The topological polar surface area (TPSA) is 58.6 Å². The summed E-state index contributed by atoms with van der Waals surface area (Å²) in [6, 6.07) is 17.8. The predicted octanol–water partition coefficient (Wildman–Crippen LogP) is 3.12. The summed E-state index contributed by atoms with van der Waals surface area (Å²) in [5, 5.41) is 12.6. The molecule has 134 valence electrons. The van der Waals surface area contributed by atoms with Crippen molar-refractivity contribution in [1.29, 1.82) is 0 Å². The molecule has 0 radical (unpaired) electrons. The Hall–Kier alpha value is -2.33. The fourth-order valence-corrected chi connectivity index (χ4v) is 2.63. The summed E-state index contributed by atoms with van der Waals surface area (Å²) >= 11 is 0. The van der Waals surface area contributed by atoms with Crippen molar-refractivity contribution in [1.82, 2.24) is 5.32 Å². The van der Waals surface area contributed by atoms with Gasteiger partial charge in [-0.2, -0.15) is 0 Å². The molecule has 1 amide bonds. The third-order valence-electron chi connectivity index (χ3n) is 4.16. The van der Waals surface area contributed by atoms with Crippen molar-refractivity contribution < 1.29 is 14.6 Å². The molecule has 2 aromatic rings. The van der Waals surface area contributed by atoms with Crippen molar-refractivity contribution >= 4 is 5.91 Å². The van der Waals surface area contributed by atoms with Crippen LogP contribution in [0.2, 0.25) is 0 Å². The van der Waals surface area contributed by atoms with Crippen LogP contribution in [0.5, 0.6) is 5.75 Å².